The number of likely N-dealkylation sites (N-methyl/N-ethyl adjacent to an activating group) is 1. The van der Waals surface area contributed by atoms with Crippen LogP contribution >= 0.6 is 0 Å². The molecule has 3 aromatic rings. The van der Waals surface area contributed by atoms with Crippen LogP contribution in [0.3, 0.4) is 0 Å². The van der Waals surface area contributed by atoms with E-state index in [0.717, 1.165) is 53.3 Å². The van der Waals surface area contributed by atoms with E-state index in [4.69, 9.17) is 5.73 Å². The van der Waals surface area contributed by atoms with Crippen molar-refractivity contribution in [2.24, 2.45) is 5.73 Å². The summed E-state index contributed by atoms with van der Waals surface area (Å²) in [4.78, 5) is 84.6. The number of nitrogens with two attached hydrogens (primary N) is 1. The molecule has 0 radical (unpaired) electrons. The van der Waals surface area contributed by atoms with Crippen LogP contribution in [0.15, 0.2) is 36.4 Å². The number of benzene rings is 2. The molecule has 7 rings (SSSR count). The summed E-state index contributed by atoms with van der Waals surface area (Å²) in [7, 11) is 1.79. The van der Waals surface area contributed by atoms with Crippen LogP contribution in [0.2, 0.25) is 0 Å². The number of carbonyl (C=O) groups is 6. The number of H-pyrrole nitrogens is 1. The number of aromatic nitrogens is 2. The number of rotatable bonds is 9. The number of aryl methyl sites for hydroxylation is 1. The molecule has 0 saturated carbocycles. The molecule has 0 aliphatic carbocycles. The third-order valence-electron chi connectivity index (χ3n) is 11.4. The maximum atomic E-state index is 13.7. The van der Waals surface area contributed by atoms with Crippen LogP contribution in [0.25, 0.3) is 10.9 Å². The molecule has 6 amide bonds. The van der Waals surface area contributed by atoms with E-state index >= 15 is 0 Å². The van der Waals surface area contributed by atoms with Crippen molar-refractivity contribution in [2.75, 3.05) is 26.7 Å². The Kier molecular flexibility index (Phi) is 11.0. The number of unbranched alkanes of at least 4 members (excludes halogenated alkanes) is 4. The van der Waals surface area contributed by atoms with Gasteiger partial charge in [-0.2, -0.15) is 5.10 Å². The highest BCUT2D eigenvalue weighted by Gasteiger charge is 2.45. The van der Waals surface area contributed by atoms with Crippen molar-refractivity contribution in [1.82, 2.24) is 35.1 Å². The van der Waals surface area contributed by atoms with E-state index in [1.165, 1.54) is 4.90 Å². The van der Waals surface area contributed by atoms with E-state index in [2.05, 4.69) is 27.4 Å². The summed E-state index contributed by atoms with van der Waals surface area (Å²) in [5.41, 5.74) is 10.7. The largest absolute Gasteiger partial charge is 0.344 e. The summed E-state index contributed by atoms with van der Waals surface area (Å²) in [6.45, 7) is 3.30. The Morgan fingerprint density at radius 1 is 1.02 bits per heavy atom. The number of piperidine rings is 1. The Morgan fingerprint density at radius 3 is 2.65 bits per heavy atom. The Bertz CT molecular complexity index is 2100. The van der Waals surface area contributed by atoms with Crippen LogP contribution in [-0.2, 0) is 25.7 Å². The maximum Gasteiger partial charge on any atom is 0.275 e. The molecule has 14 nitrogen and oxygen atoms in total. The summed E-state index contributed by atoms with van der Waals surface area (Å²) in [5, 5.41) is 10.3. The lowest BCUT2D eigenvalue weighted by Gasteiger charge is -2.38. The molecule has 4 N–H and O–H groups in total. The molecular weight excluding hydrogens is 701 g/mol. The van der Waals surface area contributed by atoms with Crippen LogP contribution in [0, 0.1) is 18.8 Å². The average molecular weight is 749 g/mol. The summed E-state index contributed by atoms with van der Waals surface area (Å²) < 4.78 is 0. The number of carbonyl (C=O) groups excluding carboxylic acids is 6. The molecule has 4 aliphatic rings. The van der Waals surface area contributed by atoms with Gasteiger partial charge in [0.25, 0.3) is 11.8 Å². The predicted molar refractivity (Wildman–Crippen MR) is 203 cm³/mol. The fourth-order valence-corrected chi connectivity index (χ4v) is 8.41. The lowest BCUT2D eigenvalue weighted by atomic mass is 10.0. The standard InChI is InChI=1S/C41H48N8O6/c1-25-13-15-32-29(22-25)36(45-44-32)41(55)47-21-19-27-14-16-34(49(27)39(53)31(42)24-47)40(54)46(2)20-8-6-4-3-5-7-10-26-11-9-12-28-30(26)23-48(38(28)52)33-17-18-35(50)43-37(33)51/h9,11-13,15,22,27,31,33-34H,3-6,8,14,16-21,23-24,42H2,1-2H3,(H,44,45)(H,43,50,51)/t27-,31+,33?,34+/m1/s1. The van der Waals surface area contributed by atoms with Gasteiger partial charge in [-0.05, 0) is 75.3 Å². The molecule has 4 aliphatic heterocycles. The quantitative estimate of drug-likeness (QED) is 0.170. The Morgan fingerprint density at radius 2 is 1.84 bits per heavy atom. The van der Waals surface area contributed by atoms with Crippen LogP contribution in [0.4, 0.5) is 0 Å². The molecule has 55 heavy (non-hydrogen) atoms. The fourth-order valence-electron chi connectivity index (χ4n) is 8.41. The first-order chi connectivity index (χ1) is 26.5. The second-order valence-electron chi connectivity index (χ2n) is 15.2. The van der Waals surface area contributed by atoms with E-state index in [1.54, 1.807) is 33.9 Å². The van der Waals surface area contributed by atoms with E-state index in [-0.39, 0.29) is 48.5 Å². The van der Waals surface area contributed by atoms with Gasteiger partial charge in [0.15, 0.2) is 5.69 Å². The number of hydrogen-bond donors (Lipinski definition) is 3. The van der Waals surface area contributed by atoms with Crippen molar-refractivity contribution in [2.45, 2.75) is 102 Å². The van der Waals surface area contributed by atoms with Gasteiger partial charge in [0.05, 0.1) is 5.52 Å². The minimum atomic E-state index is -0.946. The zero-order valence-corrected chi connectivity index (χ0v) is 31.4. The monoisotopic (exact) mass is 748 g/mol. The molecule has 4 atom stereocenters. The smallest absolute Gasteiger partial charge is 0.275 e. The van der Waals surface area contributed by atoms with Gasteiger partial charge in [0.2, 0.25) is 23.6 Å². The van der Waals surface area contributed by atoms with E-state index < -0.39 is 24.0 Å². The summed E-state index contributed by atoms with van der Waals surface area (Å²) in [5.74, 6) is 4.87. The second kappa shape index (κ2) is 16.0. The molecule has 1 unspecified atom stereocenters. The first kappa shape index (κ1) is 37.8. The van der Waals surface area contributed by atoms with Gasteiger partial charge in [0, 0.05) is 68.6 Å². The Balaban J connectivity index is 0.857. The van der Waals surface area contributed by atoms with Crippen molar-refractivity contribution in [3.63, 3.8) is 0 Å². The third kappa shape index (κ3) is 7.71. The first-order valence-electron chi connectivity index (χ1n) is 19.3. The third-order valence-corrected chi connectivity index (χ3v) is 11.4. The second-order valence-corrected chi connectivity index (χ2v) is 15.2. The maximum absolute atomic E-state index is 13.7. The Labute approximate surface area is 320 Å². The van der Waals surface area contributed by atoms with E-state index in [1.807, 2.05) is 31.2 Å². The van der Waals surface area contributed by atoms with Gasteiger partial charge in [0.1, 0.15) is 18.1 Å². The number of fused-ring (bicyclic) bond motifs is 3. The normalized spacial score (nSPS) is 22.5. The highest BCUT2D eigenvalue weighted by atomic mass is 16.2. The molecule has 5 heterocycles. The minimum Gasteiger partial charge on any atom is -0.344 e. The van der Waals surface area contributed by atoms with Crippen LogP contribution in [-0.4, -0.2) is 116 Å². The first-order valence-corrected chi connectivity index (χ1v) is 19.3. The molecule has 288 valence electrons. The number of aromatic amines is 1. The molecular formula is C41H48N8O6. The van der Waals surface area contributed by atoms with Gasteiger partial charge in [-0.3, -0.25) is 39.2 Å². The average Bonchev–Trinajstić information content (AvgIpc) is 3.88. The number of nitrogens with one attached hydrogen (secondary N) is 2. The number of amides is 6. The van der Waals surface area contributed by atoms with Crippen molar-refractivity contribution in [3.05, 3.63) is 64.3 Å². The van der Waals surface area contributed by atoms with Crippen molar-refractivity contribution in [3.8, 4) is 11.8 Å². The van der Waals surface area contributed by atoms with E-state index in [9.17, 15) is 28.8 Å². The molecule has 14 heteroatoms. The van der Waals surface area contributed by atoms with Gasteiger partial charge in [-0.1, -0.05) is 42.4 Å². The lowest BCUT2D eigenvalue weighted by Crippen LogP contribution is -2.59. The van der Waals surface area contributed by atoms with Crippen molar-refractivity contribution in [1.29, 1.82) is 0 Å². The van der Waals surface area contributed by atoms with Gasteiger partial charge < -0.3 is 25.3 Å². The van der Waals surface area contributed by atoms with Crippen molar-refractivity contribution < 1.29 is 28.8 Å². The zero-order valence-electron chi connectivity index (χ0n) is 31.4. The Hall–Kier alpha value is -5.55. The highest BCUT2D eigenvalue weighted by Crippen LogP contribution is 2.32. The van der Waals surface area contributed by atoms with Gasteiger partial charge in [-0.15, -0.1) is 0 Å². The summed E-state index contributed by atoms with van der Waals surface area (Å²) in [6, 6.07) is 8.89. The molecule has 3 fully saturated rings. The van der Waals surface area contributed by atoms with E-state index in [0.29, 0.717) is 63.0 Å². The van der Waals surface area contributed by atoms with Crippen molar-refractivity contribution >= 4 is 46.3 Å². The molecule has 0 bridgehead atoms. The summed E-state index contributed by atoms with van der Waals surface area (Å²) in [6.07, 6.45) is 6.60. The van der Waals surface area contributed by atoms with Gasteiger partial charge in [-0.25, -0.2) is 0 Å². The molecule has 2 aromatic carbocycles. The number of nitrogens with zero attached hydrogens (tertiary/aromatic N) is 5. The SMILES string of the molecule is Cc1ccc2[nH]nc(C(=O)N3CC[C@H]4CC[C@@H](C(=O)N(C)CCCCCCC#Cc5cccc6c5CN(C5CCC(=O)NC5=O)C6=O)N4C(=O)[C@@H](N)C3)c2c1. The fraction of sp³-hybridized carbons (Fsp3) is 0.488. The highest BCUT2D eigenvalue weighted by molar-refractivity contribution is 6.06. The number of hydrogen-bond acceptors (Lipinski definition) is 8. The minimum absolute atomic E-state index is 0.0541. The summed E-state index contributed by atoms with van der Waals surface area (Å²) >= 11 is 0. The van der Waals surface area contributed by atoms with Gasteiger partial charge >= 0.3 is 0 Å². The number of imide groups is 1. The topological polar surface area (TPSA) is 182 Å². The molecule has 3 saturated heterocycles. The predicted octanol–water partition coefficient (Wildman–Crippen LogP) is 2.63. The molecule has 1 aromatic heterocycles. The van der Waals surface area contributed by atoms with Crippen LogP contribution in [0.5, 0.6) is 0 Å². The van der Waals surface area contributed by atoms with Crippen LogP contribution < -0.4 is 11.1 Å². The lowest BCUT2D eigenvalue weighted by molar-refractivity contribution is -0.146. The van der Waals surface area contributed by atoms with Crippen LogP contribution in [0.1, 0.15) is 102 Å². The zero-order chi connectivity index (χ0) is 38.8. The molecule has 0 spiro atoms.